The van der Waals surface area contributed by atoms with E-state index in [4.69, 9.17) is 10.5 Å². The molecule has 0 aliphatic heterocycles. The molecule has 2 aromatic carbocycles. The fraction of sp³-hybridized carbons (Fsp3) is 0.0909. The average Bonchev–Trinajstić information content (AvgIpc) is 2.74. The Morgan fingerprint density at radius 3 is 2.34 bits per heavy atom. The molecule has 3 aromatic rings. The number of alkyl halides is 5. The number of aromatic nitrogens is 1. The number of carbonyl (C=O) groups excluding carboxylic acids is 1. The number of amides is 1. The molecule has 3 rings (SSSR count). The Bertz CT molecular complexity index is 1280. The van der Waals surface area contributed by atoms with E-state index in [1.54, 1.807) is 0 Å². The van der Waals surface area contributed by atoms with E-state index in [1.165, 1.54) is 18.3 Å². The summed E-state index contributed by atoms with van der Waals surface area (Å²) in [5, 5.41) is 2.18. The average molecular weight is 501 g/mol. The van der Waals surface area contributed by atoms with Gasteiger partial charge < -0.3 is 20.5 Å². The number of carbonyl (C=O) groups is 1. The van der Waals surface area contributed by atoms with Gasteiger partial charge >= 0.3 is 12.8 Å². The van der Waals surface area contributed by atoms with Crippen LogP contribution in [0.1, 0.15) is 21.6 Å². The highest BCUT2D eigenvalue weighted by atomic mass is 19.4. The molecule has 13 heteroatoms. The molecule has 0 unspecified atom stereocenters. The first-order valence-corrected chi connectivity index (χ1v) is 9.41. The number of halogens is 7. The summed E-state index contributed by atoms with van der Waals surface area (Å²) in [5.41, 5.74) is 2.68. The van der Waals surface area contributed by atoms with Crippen molar-refractivity contribution >= 4 is 17.3 Å². The highest BCUT2D eigenvalue weighted by Crippen LogP contribution is 2.38. The van der Waals surface area contributed by atoms with Crippen LogP contribution in [0.5, 0.6) is 17.2 Å². The van der Waals surface area contributed by atoms with Crippen LogP contribution in [-0.2, 0) is 6.18 Å². The van der Waals surface area contributed by atoms with Gasteiger partial charge in [0.2, 0.25) is 0 Å². The molecule has 0 spiro atoms. The Balaban J connectivity index is 2.03. The van der Waals surface area contributed by atoms with Crippen LogP contribution in [0.15, 0.2) is 55.2 Å². The SMILES string of the molecule is C=C(N)c1cc(NC(=O)c2c(Oc3ccc(OC(F)F)cc3F)ccc(C(F)(F)F)c2F)ccn1. The number of nitrogens with two attached hydrogens (primary N) is 1. The number of anilines is 1. The molecular formula is C22H14F7N3O3. The molecule has 0 radical (unpaired) electrons. The third-order valence-electron chi connectivity index (χ3n) is 4.33. The highest BCUT2D eigenvalue weighted by Gasteiger charge is 2.37. The predicted molar refractivity (Wildman–Crippen MR) is 110 cm³/mol. The number of hydrogen-bond acceptors (Lipinski definition) is 5. The molecule has 3 N–H and O–H groups in total. The molecule has 1 aromatic heterocycles. The lowest BCUT2D eigenvalue weighted by atomic mass is 10.1. The lowest BCUT2D eigenvalue weighted by Gasteiger charge is -2.17. The molecule has 1 heterocycles. The Kier molecular flexibility index (Phi) is 7.17. The summed E-state index contributed by atoms with van der Waals surface area (Å²) < 4.78 is 103. The van der Waals surface area contributed by atoms with E-state index in [0.29, 0.717) is 18.2 Å². The van der Waals surface area contributed by atoms with Gasteiger partial charge in [-0.15, -0.1) is 0 Å². The van der Waals surface area contributed by atoms with Crippen LogP contribution in [0.3, 0.4) is 0 Å². The molecule has 0 aliphatic carbocycles. The summed E-state index contributed by atoms with van der Waals surface area (Å²) in [6.07, 6.45) is -3.96. The summed E-state index contributed by atoms with van der Waals surface area (Å²) in [7, 11) is 0. The van der Waals surface area contributed by atoms with Gasteiger partial charge in [-0.05, 0) is 36.4 Å². The molecule has 35 heavy (non-hydrogen) atoms. The van der Waals surface area contributed by atoms with Crippen LogP contribution in [0.4, 0.5) is 36.4 Å². The Labute approximate surface area is 192 Å². The molecular weight excluding hydrogens is 487 g/mol. The number of nitrogens with zero attached hydrogens (tertiary/aromatic N) is 1. The second kappa shape index (κ2) is 9.91. The highest BCUT2D eigenvalue weighted by molar-refractivity contribution is 6.06. The van der Waals surface area contributed by atoms with Crippen molar-refractivity contribution in [1.82, 2.24) is 4.98 Å². The smallest absolute Gasteiger partial charge is 0.419 e. The van der Waals surface area contributed by atoms with Gasteiger partial charge in [0.15, 0.2) is 17.4 Å². The summed E-state index contributed by atoms with van der Waals surface area (Å²) in [6, 6.07) is 5.60. The molecule has 0 atom stereocenters. The lowest BCUT2D eigenvalue weighted by Crippen LogP contribution is -2.19. The zero-order chi connectivity index (χ0) is 25.9. The van der Waals surface area contributed by atoms with Crippen LogP contribution < -0.4 is 20.5 Å². The van der Waals surface area contributed by atoms with E-state index in [2.05, 4.69) is 21.6 Å². The Hall–Kier alpha value is -4.29. The molecule has 0 saturated heterocycles. The zero-order valence-corrected chi connectivity index (χ0v) is 17.3. The molecule has 6 nitrogen and oxygen atoms in total. The summed E-state index contributed by atoms with van der Waals surface area (Å²) in [4.78, 5) is 16.7. The van der Waals surface area contributed by atoms with Crippen molar-refractivity contribution in [3.05, 3.63) is 83.7 Å². The van der Waals surface area contributed by atoms with Crippen LogP contribution in [0, 0.1) is 11.6 Å². The van der Waals surface area contributed by atoms with Gasteiger partial charge in [-0.1, -0.05) is 6.58 Å². The number of ether oxygens (including phenoxy) is 2. The minimum Gasteiger partial charge on any atom is -0.453 e. The second-order valence-corrected chi connectivity index (χ2v) is 6.78. The van der Waals surface area contributed by atoms with Crippen molar-refractivity contribution in [2.45, 2.75) is 12.8 Å². The van der Waals surface area contributed by atoms with Crippen molar-refractivity contribution in [3.63, 3.8) is 0 Å². The Morgan fingerprint density at radius 1 is 1.06 bits per heavy atom. The quantitative estimate of drug-likeness (QED) is 0.391. The van der Waals surface area contributed by atoms with E-state index >= 15 is 0 Å². The molecule has 0 aliphatic rings. The van der Waals surface area contributed by atoms with Crippen molar-refractivity contribution in [2.75, 3.05) is 5.32 Å². The van der Waals surface area contributed by atoms with E-state index in [-0.39, 0.29) is 17.1 Å². The van der Waals surface area contributed by atoms with E-state index in [0.717, 1.165) is 12.1 Å². The lowest BCUT2D eigenvalue weighted by molar-refractivity contribution is -0.140. The van der Waals surface area contributed by atoms with E-state index in [1.807, 2.05) is 0 Å². The molecule has 0 saturated carbocycles. The van der Waals surface area contributed by atoms with Crippen molar-refractivity contribution < 1.29 is 45.0 Å². The molecule has 1 amide bonds. The van der Waals surface area contributed by atoms with Gasteiger partial charge in [0, 0.05) is 18.0 Å². The summed E-state index contributed by atoms with van der Waals surface area (Å²) in [5.74, 6) is -6.69. The van der Waals surface area contributed by atoms with Crippen molar-refractivity contribution in [2.24, 2.45) is 5.73 Å². The van der Waals surface area contributed by atoms with Crippen LogP contribution in [0.25, 0.3) is 5.70 Å². The summed E-state index contributed by atoms with van der Waals surface area (Å²) in [6.45, 7) is 0.214. The van der Waals surface area contributed by atoms with Gasteiger partial charge in [0.1, 0.15) is 17.1 Å². The third kappa shape index (κ3) is 5.99. The molecule has 0 bridgehead atoms. The standard InChI is InChI=1S/C22H14F7N3O3/c1-10(30)15-8-11(6-7-31-15)32-20(33)18-17(5-3-13(19(18)24)22(27,28)29)35-16-4-2-12(9-14(16)23)34-21(25)26/h2-9,21H,1,30H2,(H,31,32,33). The minimum atomic E-state index is -5.17. The largest absolute Gasteiger partial charge is 0.453 e. The number of rotatable bonds is 7. The number of hydrogen-bond donors (Lipinski definition) is 2. The van der Waals surface area contributed by atoms with Gasteiger partial charge in [-0.3, -0.25) is 9.78 Å². The third-order valence-corrected chi connectivity index (χ3v) is 4.33. The number of pyridine rings is 1. The summed E-state index contributed by atoms with van der Waals surface area (Å²) >= 11 is 0. The Morgan fingerprint density at radius 2 is 1.74 bits per heavy atom. The second-order valence-electron chi connectivity index (χ2n) is 6.78. The maximum atomic E-state index is 14.9. The van der Waals surface area contributed by atoms with Crippen molar-refractivity contribution in [1.29, 1.82) is 0 Å². The fourth-order valence-corrected chi connectivity index (χ4v) is 2.81. The van der Waals surface area contributed by atoms with Crippen LogP contribution in [-0.4, -0.2) is 17.5 Å². The zero-order valence-electron chi connectivity index (χ0n) is 17.3. The predicted octanol–water partition coefficient (Wildman–Crippen LogP) is 5.95. The maximum Gasteiger partial charge on any atom is 0.419 e. The van der Waals surface area contributed by atoms with E-state index in [9.17, 15) is 35.5 Å². The minimum absolute atomic E-state index is 0.0186. The van der Waals surface area contributed by atoms with Gasteiger partial charge in [0.25, 0.3) is 5.91 Å². The van der Waals surface area contributed by atoms with Gasteiger partial charge in [0.05, 0.1) is 17.0 Å². The monoisotopic (exact) mass is 501 g/mol. The van der Waals surface area contributed by atoms with Crippen LogP contribution in [0.2, 0.25) is 0 Å². The van der Waals surface area contributed by atoms with Gasteiger partial charge in [-0.2, -0.15) is 22.0 Å². The molecule has 184 valence electrons. The first-order chi connectivity index (χ1) is 16.4. The number of nitrogens with one attached hydrogen (secondary N) is 1. The first-order valence-electron chi connectivity index (χ1n) is 9.41. The number of benzene rings is 2. The van der Waals surface area contributed by atoms with Gasteiger partial charge in [-0.25, -0.2) is 8.78 Å². The molecule has 0 fully saturated rings. The first kappa shape index (κ1) is 25.3. The van der Waals surface area contributed by atoms with Crippen LogP contribution >= 0.6 is 0 Å². The topological polar surface area (TPSA) is 86.5 Å². The van der Waals surface area contributed by atoms with Crippen molar-refractivity contribution in [3.8, 4) is 17.2 Å². The maximum absolute atomic E-state index is 14.9. The normalized spacial score (nSPS) is 11.3. The fourth-order valence-electron chi connectivity index (χ4n) is 2.81. The van der Waals surface area contributed by atoms with E-state index < -0.39 is 58.7 Å².